The molecule has 2 aromatic heterocycles. The standard InChI is InChI=1S/C56H64FN9O13/c1-4-56(77)36-21-41-49-34(26-66(41)54(75)35(36)27-78-55(56)76)48-38(17-16-33-30(3)37(57)22-39(63-49)47(33)48)64-52(73)50(32-14-15-32)79-28-61-44(69)24-60-51(72)40(20-31-11-7-5-8-12-31)62-45(70)25-59-43(68)23-58-42(67)13-9-6-10-18-65-46(71)19-29(2)53(65)74/h5,7-8,11-12,21-22,29,32,38,40,50,77H,4,6,9-10,13-20,23-28H2,1-3H3,(H,58,67)(H,59,68)(H,60,72)(H,61,69)(H,62,70)(H,64,73)/t29?,38-,40-,50+,56-/m0/s1. The van der Waals surface area contributed by atoms with E-state index in [9.17, 15) is 53.1 Å². The SMILES string of the molecule is CC[C@@]1(O)C(=O)OCc2c1cc1n(c2=O)Cc2c-1nc1cc(F)c(C)c3c1c2[C@@H](NC(=O)[C@H](OCNC(=O)CNC(=O)[C@H](Cc1ccccc1)NC(=O)CNC(=O)CNC(=O)CCCCCN1C(=O)CC(C)C1=O)C1CC1)CC3. The number of nitrogens with zero attached hydrogens (tertiary/aromatic N) is 3. The van der Waals surface area contributed by atoms with E-state index in [1.54, 1.807) is 57.2 Å². The fourth-order valence-electron chi connectivity index (χ4n) is 11.0. The third-order valence-electron chi connectivity index (χ3n) is 15.5. The number of unbranched alkanes of at least 4 members (excludes halogenated alkanes) is 2. The van der Waals surface area contributed by atoms with Gasteiger partial charge in [-0.1, -0.05) is 50.6 Å². The maximum Gasteiger partial charge on any atom is 0.343 e. The summed E-state index contributed by atoms with van der Waals surface area (Å²) in [7, 11) is 0. The molecule has 2 aromatic carbocycles. The van der Waals surface area contributed by atoms with Crippen molar-refractivity contribution in [2.45, 2.75) is 128 Å². The number of rotatable bonds is 23. The molecular weight excluding hydrogens is 1030 g/mol. The van der Waals surface area contributed by atoms with E-state index in [0.29, 0.717) is 96.0 Å². The van der Waals surface area contributed by atoms with Gasteiger partial charge in [0.05, 0.1) is 54.7 Å². The molecule has 1 saturated heterocycles. The minimum atomic E-state index is -2.05. The summed E-state index contributed by atoms with van der Waals surface area (Å²) in [5.74, 6) is -5.72. The Balaban J connectivity index is 0.772. The number of aromatic nitrogens is 2. The first kappa shape index (κ1) is 55.8. The number of ether oxygens (including phenoxy) is 2. The van der Waals surface area contributed by atoms with E-state index < -0.39 is 97.0 Å². The van der Waals surface area contributed by atoms with Gasteiger partial charge in [-0.25, -0.2) is 14.2 Å². The van der Waals surface area contributed by atoms with Crippen LogP contribution in [0.2, 0.25) is 0 Å². The fourth-order valence-corrected chi connectivity index (χ4v) is 11.0. The van der Waals surface area contributed by atoms with Gasteiger partial charge >= 0.3 is 5.97 Å². The third kappa shape index (κ3) is 11.9. The molecule has 2 fully saturated rings. The van der Waals surface area contributed by atoms with Gasteiger partial charge in [0.1, 0.15) is 31.3 Å². The van der Waals surface area contributed by atoms with Crippen LogP contribution in [0.25, 0.3) is 22.3 Å². The minimum Gasteiger partial charge on any atom is -0.458 e. The molecule has 8 amide bonds. The number of fused-ring (bicyclic) bond motifs is 5. The van der Waals surface area contributed by atoms with Crippen LogP contribution in [0.3, 0.4) is 0 Å². The van der Waals surface area contributed by atoms with Gasteiger partial charge in [-0.2, -0.15) is 0 Å². The van der Waals surface area contributed by atoms with Gasteiger partial charge in [0, 0.05) is 54.3 Å². The highest BCUT2D eigenvalue weighted by Gasteiger charge is 2.46. The zero-order valence-corrected chi connectivity index (χ0v) is 44.2. The predicted molar refractivity (Wildman–Crippen MR) is 279 cm³/mol. The summed E-state index contributed by atoms with van der Waals surface area (Å²) in [6.07, 6.45) is 3.13. The third-order valence-corrected chi connectivity index (χ3v) is 15.5. The van der Waals surface area contributed by atoms with Crippen molar-refractivity contribution in [3.8, 4) is 11.4 Å². The number of hydrogen-bond donors (Lipinski definition) is 7. The zero-order chi connectivity index (χ0) is 56.3. The molecule has 0 spiro atoms. The van der Waals surface area contributed by atoms with E-state index in [0.717, 1.165) is 5.56 Å². The van der Waals surface area contributed by atoms with E-state index >= 15 is 4.39 Å². The normalized spacial score (nSPS) is 19.6. The number of halogens is 1. The van der Waals surface area contributed by atoms with Crippen LogP contribution in [0, 0.1) is 24.6 Å². The lowest BCUT2D eigenvalue weighted by molar-refractivity contribution is -0.172. The maximum atomic E-state index is 15.5. The van der Waals surface area contributed by atoms with Crippen LogP contribution in [0.4, 0.5) is 4.39 Å². The lowest BCUT2D eigenvalue weighted by Crippen LogP contribution is -2.52. The average Bonchev–Trinajstić information content (AvgIpc) is 3.99. The van der Waals surface area contributed by atoms with Crippen LogP contribution in [0.15, 0.2) is 47.3 Å². The van der Waals surface area contributed by atoms with Crippen molar-refractivity contribution < 1.29 is 62.1 Å². The largest absolute Gasteiger partial charge is 0.458 e. The van der Waals surface area contributed by atoms with E-state index in [-0.39, 0.29) is 79.5 Å². The summed E-state index contributed by atoms with van der Waals surface area (Å²) >= 11 is 0. The number of carbonyl (C=O) groups is 9. The molecule has 5 heterocycles. The van der Waals surface area contributed by atoms with Gasteiger partial charge in [-0.15, -0.1) is 0 Å². The Morgan fingerprint density at radius 1 is 0.873 bits per heavy atom. The van der Waals surface area contributed by atoms with Gasteiger partial charge in [0.25, 0.3) is 5.56 Å². The Labute approximate surface area is 453 Å². The topological polar surface area (TPSA) is 303 Å². The highest BCUT2D eigenvalue weighted by molar-refractivity contribution is 6.03. The number of pyridine rings is 2. The number of imide groups is 1. The first-order valence-electron chi connectivity index (χ1n) is 26.9. The molecule has 79 heavy (non-hydrogen) atoms. The second-order valence-electron chi connectivity index (χ2n) is 21.0. The summed E-state index contributed by atoms with van der Waals surface area (Å²) in [6, 6.07) is 9.93. The summed E-state index contributed by atoms with van der Waals surface area (Å²) in [4.78, 5) is 136. The first-order valence-corrected chi connectivity index (χ1v) is 26.9. The molecule has 7 N–H and O–H groups in total. The summed E-state index contributed by atoms with van der Waals surface area (Å²) in [5.41, 5.74) is 1.97. The molecule has 1 unspecified atom stereocenters. The number of nitrogens with one attached hydrogen (secondary N) is 6. The predicted octanol–water partition coefficient (Wildman–Crippen LogP) is 1.53. The molecule has 1 saturated carbocycles. The van der Waals surface area contributed by atoms with Gasteiger partial charge < -0.3 is 51.0 Å². The molecular formula is C56H64FN9O13. The molecule has 0 radical (unpaired) electrons. The summed E-state index contributed by atoms with van der Waals surface area (Å²) in [5, 5.41) is 27.9. The van der Waals surface area contributed by atoms with Crippen molar-refractivity contribution in [3.05, 3.63) is 97.6 Å². The number of likely N-dealkylation sites (tertiary alicyclic amines) is 1. The smallest absolute Gasteiger partial charge is 0.343 e. The maximum absolute atomic E-state index is 15.5. The van der Waals surface area contributed by atoms with Crippen molar-refractivity contribution in [1.29, 1.82) is 0 Å². The summed E-state index contributed by atoms with van der Waals surface area (Å²) < 4.78 is 28.3. The quantitative estimate of drug-likeness (QED) is 0.0211. The van der Waals surface area contributed by atoms with Crippen molar-refractivity contribution in [2.24, 2.45) is 11.8 Å². The number of aliphatic hydroxyl groups is 1. The Morgan fingerprint density at radius 3 is 2.32 bits per heavy atom. The van der Waals surface area contributed by atoms with Crippen molar-refractivity contribution >= 4 is 64.1 Å². The lowest BCUT2D eigenvalue weighted by atomic mass is 9.81. The molecule has 4 aromatic rings. The Morgan fingerprint density at radius 2 is 1.59 bits per heavy atom. The van der Waals surface area contributed by atoms with Gasteiger partial charge in [0.15, 0.2) is 5.60 Å². The van der Waals surface area contributed by atoms with Crippen LogP contribution in [0.5, 0.6) is 0 Å². The number of aryl methyl sites for hydroxylation is 1. The number of benzene rings is 2. The summed E-state index contributed by atoms with van der Waals surface area (Å²) in [6.45, 7) is 3.23. The van der Waals surface area contributed by atoms with Crippen molar-refractivity contribution in [2.75, 3.05) is 32.9 Å². The van der Waals surface area contributed by atoms with Crippen LogP contribution < -0.4 is 37.5 Å². The van der Waals surface area contributed by atoms with E-state index in [2.05, 4.69) is 31.9 Å². The van der Waals surface area contributed by atoms with Crippen molar-refractivity contribution in [3.63, 3.8) is 0 Å². The molecule has 23 heteroatoms. The van der Waals surface area contributed by atoms with E-state index in [1.807, 2.05) is 0 Å². The van der Waals surface area contributed by atoms with Gasteiger partial charge in [-0.3, -0.25) is 48.1 Å². The average molecular weight is 1090 g/mol. The first-order chi connectivity index (χ1) is 37.9. The Kier molecular flexibility index (Phi) is 16.7. The van der Waals surface area contributed by atoms with Gasteiger partial charge in [-0.05, 0) is 86.1 Å². The zero-order valence-electron chi connectivity index (χ0n) is 44.2. The molecule has 2 aliphatic carbocycles. The second kappa shape index (κ2) is 23.6. The van der Waals surface area contributed by atoms with Crippen molar-refractivity contribution in [1.82, 2.24) is 46.4 Å². The minimum absolute atomic E-state index is 0.0419. The monoisotopic (exact) mass is 1090 g/mol. The van der Waals surface area contributed by atoms with Crippen LogP contribution in [-0.2, 0) is 84.2 Å². The molecule has 0 bridgehead atoms. The van der Waals surface area contributed by atoms with E-state index in [4.69, 9.17) is 14.5 Å². The molecule has 5 atom stereocenters. The fraction of sp³-hybridized carbons (Fsp3) is 0.482. The van der Waals surface area contributed by atoms with Crippen LogP contribution >= 0.6 is 0 Å². The molecule has 3 aliphatic heterocycles. The number of amides is 8. The second-order valence-corrected chi connectivity index (χ2v) is 21.0. The van der Waals surface area contributed by atoms with E-state index in [1.165, 1.54) is 15.5 Å². The molecule has 5 aliphatic rings. The molecule has 9 rings (SSSR count). The number of hydrogen-bond acceptors (Lipinski definition) is 14. The molecule has 418 valence electrons. The van der Waals surface area contributed by atoms with Gasteiger partial charge in [0.2, 0.25) is 47.3 Å². The van der Waals surface area contributed by atoms with Crippen LogP contribution in [0.1, 0.15) is 117 Å². The molecule has 22 nitrogen and oxygen atoms in total. The number of cyclic esters (lactones) is 1. The Hall–Kier alpha value is -7.92. The highest BCUT2D eigenvalue weighted by atomic mass is 19.1. The highest BCUT2D eigenvalue weighted by Crippen LogP contribution is 2.46. The lowest BCUT2D eigenvalue weighted by Gasteiger charge is -2.31. The number of esters is 1. The Bertz CT molecular complexity index is 3220. The van der Waals surface area contributed by atoms with Crippen LogP contribution in [-0.4, -0.2) is 118 Å². The number of carbonyl (C=O) groups excluding carboxylic acids is 9.